The smallest absolute Gasteiger partial charge is 0.306 e. The molecule has 1 aromatic carbocycles. The van der Waals surface area contributed by atoms with Gasteiger partial charge in [-0.25, -0.2) is 0 Å². The molecule has 0 radical (unpaired) electrons. The minimum Gasteiger partial charge on any atom is -0.456 e. The Balaban J connectivity index is 1.57. The molecule has 154 valence electrons. The number of esters is 1. The third-order valence-electron chi connectivity index (χ3n) is 5.29. The van der Waals surface area contributed by atoms with E-state index in [1.54, 1.807) is 10.7 Å². The van der Waals surface area contributed by atoms with E-state index in [0.29, 0.717) is 31.5 Å². The number of carbonyl (C=O) groups is 2. The zero-order chi connectivity index (χ0) is 21.1. The monoisotopic (exact) mass is 400 g/mol. The molecule has 1 aliphatic rings. The summed E-state index contributed by atoms with van der Waals surface area (Å²) in [5, 5.41) is 15.3. The van der Waals surface area contributed by atoms with Crippen molar-refractivity contribution in [3.05, 3.63) is 50.8 Å². The number of hydrogen-bond acceptors (Lipinski definition) is 6. The van der Waals surface area contributed by atoms with Crippen molar-refractivity contribution in [1.82, 2.24) is 9.78 Å². The van der Waals surface area contributed by atoms with Gasteiger partial charge in [0.05, 0.1) is 10.6 Å². The first-order valence-electron chi connectivity index (χ1n) is 9.50. The summed E-state index contributed by atoms with van der Waals surface area (Å²) in [4.78, 5) is 36.7. The number of aromatic nitrogens is 2. The Morgan fingerprint density at radius 2 is 2.07 bits per heavy atom. The van der Waals surface area contributed by atoms with Gasteiger partial charge in [0, 0.05) is 43.5 Å². The number of ether oxygens (including phenoxy) is 1. The van der Waals surface area contributed by atoms with Crippen LogP contribution < -0.4 is 4.90 Å². The second-order valence-corrected chi connectivity index (χ2v) is 7.15. The molecule has 1 aromatic heterocycles. The average molecular weight is 400 g/mol. The van der Waals surface area contributed by atoms with E-state index in [1.807, 2.05) is 20.9 Å². The maximum atomic E-state index is 12.6. The predicted molar refractivity (Wildman–Crippen MR) is 106 cm³/mol. The largest absolute Gasteiger partial charge is 0.456 e. The Bertz CT molecular complexity index is 966. The van der Waals surface area contributed by atoms with Gasteiger partial charge < -0.3 is 9.64 Å². The quantitative estimate of drug-likeness (QED) is 0.419. The second-order valence-electron chi connectivity index (χ2n) is 7.15. The van der Waals surface area contributed by atoms with Crippen LogP contribution in [-0.4, -0.2) is 39.7 Å². The van der Waals surface area contributed by atoms with Crippen LogP contribution in [0.5, 0.6) is 0 Å². The highest BCUT2D eigenvalue weighted by Crippen LogP contribution is 2.30. The van der Waals surface area contributed by atoms with Gasteiger partial charge in [-0.05, 0) is 50.3 Å². The van der Waals surface area contributed by atoms with Gasteiger partial charge in [0.2, 0.25) is 0 Å². The van der Waals surface area contributed by atoms with Gasteiger partial charge in [-0.2, -0.15) is 5.10 Å². The predicted octanol–water partition coefficient (Wildman–Crippen LogP) is 2.40. The first-order valence-corrected chi connectivity index (χ1v) is 9.50. The Morgan fingerprint density at radius 1 is 1.31 bits per heavy atom. The van der Waals surface area contributed by atoms with Crippen molar-refractivity contribution < 1.29 is 19.2 Å². The van der Waals surface area contributed by atoms with E-state index in [1.165, 1.54) is 17.0 Å². The van der Waals surface area contributed by atoms with Crippen LogP contribution in [0, 0.1) is 24.0 Å². The van der Waals surface area contributed by atoms with Crippen LogP contribution >= 0.6 is 0 Å². The van der Waals surface area contributed by atoms with Gasteiger partial charge >= 0.3 is 5.97 Å². The number of benzene rings is 1. The molecule has 0 fully saturated rings. The molecule has 0 bridgehead atoms. The normalized spacial score (nSPS) is 13.1. The highest BCUT2D eigenvalue weighted by Gasteiger charge is 2.25. The first-order chi connectivity index (χ1) is 13.8. The Hall–Kier alpha value is -3.23. The fraction of sp³-hybridized carbons (Fsp3) is 0.450. The highest BCUT2D eigenvalue weighted by molar-refractivity contribution is 5.96. The maximum Gasteiger partial charge on any atom is 0.306 e. The molecular weight excluding hydrogens is 376 g/mol. The van der Waals surface area contributed by atoms with Crippen molar-refractivity contribution in [2.24, 2.45) is 7.05 Å². The summed E-state index contributed by atoms with van der Waals surface area (Å²) in [5.41, 5.74) is 4.31. The molecule has 29 heavy (non-hydrogen) atoms. The molecule has 2 heterocycles. The number of fused-ring (bicyclic) bond motifs is 1. The van der Waals surface area contributed by atoms with Crippen LogP contribution in [0.25, 0.3) is 0 Å². The molecule has 3 rings (SSSR count). The number of hydrogen-bond donors (Lipinski definition) is 0. The Morgan fingerprint density at radius 3 is 2.72 bits per heavy atom. The zero-order valence-corrected chi connectivity index (χ0v) is 16.8. The summed E-state index contributed by atoms with van der Waals surface area (Å²) in [7, 11) is 1.86. The van der Waals surface area contributed by atoms with Crippen molar-refractivity contribution in [2.45, 2.75) is 39.5 Å². The van der Waals surface area contributed by atoms with Gasteiger partial charge in [-0.3, -0.25) is 24.4 Å². The lowest BCUT2D eigenvalue weighted by Gasteiger charge is -2.29. The summed E-state index contributed by atoms with van der Waals surface area (Å²) < 4.78 is 6.95. The van der Waals surface area contributed by atoms with Crippen molar-refractivity contribution in [1.29, 1.82) is 0 Å². The molecule has 1 aliphatic heterocycles. The number of carbonyl (C=O) groups excluding carboxylic acids is 2. The van der Waals surface area contributed by atoms with E-state index in [2.05, 4.69) is 5.10 Å². The number of nitrogens with zero attached hydrogens (tertiary/aromatic N) is 4. The summed E-state index contributed by atoms with van der Waals surface area (Å²) >= 11 is 0. The van der Waals surface area contributed by atoms with Crippen LogP contribution in [0.15, 0.2) is 18.2 Å². The Labute approximate surface area is 168 Å². The standard InChI is InChI=1S/C20H24N4O5/c1-13-17(14(2)22(3)21-13)7-9-20(26)29-12-19(25)23-10-4-5-15-11-16(24(27)28)6-8-18(15)23/h6,8,11H,4-5,7,9-10,12H2,1-3H3. The summed E-state index contributed by atoms with van der Waals surface area (Å²) in [6.45, 7) is 3.99. The van der Waals surface area contributed by atoms with Crippen LogP contribution in [0.3, 0.4) is 0 Å². The number of nitro benzene ring substituents is 1. The molecule has 0 N–H and O–H groups in total. The number of nitro groups is 1. The molecule has 0 spiro atoms. The minimum atomic E-state index is -0.450. The molecule has 0 atom stereocenters. The molecule has 0 saturated heterocycles. The third-order valence-corrected chi connectivity index (χ3v) is 5.29. The zero-order valence-electron chi connectivity index (χ0n) is 16.8. The summed E-state index contributed by atoms with van der Waals surface area (Å²) in [5.74, 6) is -0.774. The Kier molecular flexibility index (Phi) is 5.95. The summed E-state index contributed by atoms with van der Waals surface area (Å²) in [6, 6.07) is 4.47. The lowest BCUT2D eigenvalue weighted by atomic mass is 10.0. The van der Waals surface area contributed by atoms with Crippen molar-refractivity contribution in [3.8, 4) is 0 Å². The first kappa shape index (κ1) is 20.5. The van der Waals surface area contributed by atoms with Crippen molar-refractivity contribution in [2.75, 3.05) is 18.1 Å². The maximum absolute atomic E-state index is 12.6. The fourth-order valence-corrected chi connectivity index (χ4v) is 3.65. The van der Waals surface area contributed by atoms with Crippen LogP contribution in [0.1, 0.15) is 35.4 Å². The lowest BCUT2D eigenvalue weighted by Crippen LogP contribution is -2.38. The van der Waals surface area contributed by atoms with E-state index in [4.69, 9.17) is 4.74 Å². The topological polar surface area (TPSA) is 108 Å². The third kappa shape index (κ3) is 4.44. The summed E-state index contributed by atoms with van der Waals surface area (Å²) in [6.07, 6.45) is 2.05. The molecular formula is C20H24N4O5. The minimum absolute atomic E-state index is 0.00506. The lowest BCUT2D eigenvalue weighted by molar-refractivity contribution is -0.384. The van der Waals surface area contributed by atoms with Crippen LogP contribution in [0.2, 0.25) is 0 Å². The SMILES string of the molecule is Cc1nn(C)c(C)c1CCC(=O)OCC(=O)N1CCCc2cc([N+](=O)[O-])ccc21. The van der Waals surface area contributed by atoms with Gasteiger partial charge in [0.1, 0.15) is 0 Å². The second kappa shape index (κ2) is 8.42. The van der Waals surface area contributed by atoms with E-state index < -0.39 is 10.9 Å². The molecule has 0 saturated carbocycles. The number of rotatable bonds is 6. The molecule has 0 aliphatic carbocycles. The molecule has 9 nitrogen and oxygen atoms in total. The van der Waals surface area contributed by atoms with Crippen LogP contribution in [-0.2, 0) is 34.2 Å². The van der Waals surface area contributed by atoms with E-state index in [0.717, 1.165) is 22.5 Å². The van der Waals surface area contributed by atoms with Crippen LogP contribution in [0.4, 0.5) is 11.4 Å². The highest BCUT2D eigenvalue weighted by atomic mass is 16.6. The average Bonchev–Trinajstić information content (AvgIpc) is 2.94. The number of aryl methyl sites for hydroxylation is 3. The van der Waals surface area contributed by atoms with E-state index in [-0.39, 0.29) is 24.6 Å². The molecule has 2 aromatic rings. The molecule has 0 unspecified atom stereocenters. The molecule has 1 amide bonds. The number of amides is 1. The number of anilines is 1. The molecule has 9 heteroatoms. The fourth-order valence-electron chi connectivity index (χ4n) is 3.65. The van der Waals surface area contributed by atoms with Gasteiger partial charge in [0.25, 0.3) is 11.6 Å². The number of non-ortho nitro benzene ring substituents is 1. The van der Waals surface area contributed by atoms with Gasteiger partial charge in [-0.1, -0.05) is 0 Å². The van der Waals surface area contributed by atoms with E-state index >= 15 is 0 Å². The van der Waals surface area contributed by atoms with E-state index in [9.17, 15) is 19.7 Å². The van der Waals surface area contributed by atoms with Crippen molar-refractivity contribution >= 4 is 23.3 Å². The van der Waals surface area contributed by atoms with Gasteiger partial charge in [-0.15, -0.1) is 0 Å². The van der Waals surface area contributed by atoms with Gasteiger partial charge in [0.15, 0.2) is 6.61 Å². The van der Waals surface area contributed by atoms with Crippen molar-refractivity contribution in [3.63, 3.8) is 0 Å².